The molecule has 0 spiro atoms. The van der Waals surface area contributed by atoms with Crippen molar-refractivity contribution in [1.29, 1.82) is 0 Å². The number of carbonyl (C=O) groups is 2. The Morgan fingerprint density at radius 1 is 1.69 bits per heavy atom. The second kappa shape index (κ2) is 3.69. The van der Waals surface area contributed by atoms with Gasteiger partial charge in [0.2, 0.25) is 0 Å². The van der Waals surface area contributed by atoms with Crippen LogP contribution in [0.1, 0.15) is 6.92 Å². The molecular formula is C7H11FN2O3. The van der Waals surface area contributed by atoms with Crippen molar-refractivity contribution >= 4 is 11.9 Å². The molecular weight excluding hydrogens is 179 g/mol. The number of imide groups is 1. The van der Waals surface area contributed by atoms with Gasteiger partial charge in [0.25, 0.3) is 5.91 Å². The number of halogens is 1. The molecule has 0 aromatic carbocycles. The fourth-order valence-electron chi connectivity index (χ4n) is 1.03. The van der Waals surface area contributed by atoms with E-state index in [0.29, 0.717) is 0 Å². The normalized spacial score (nSPS) is 25.8. The van der Waals surface area contributed by atoms with Crippen molar-refractivity contribution in [2.75, 3.05) is 13.7 Å². The van der Waals surface area contributed by atoms with E-state index in [4.69, 9.17) is 4.74 Å². The summed E-state index contributed by atoms with van der Waals surface area (Å²) >= 11 is 0. The lowest BCUT2D eigenvalue weighted by atomic mass is 10.3. The summed E-state index contributed by atoms with van der Waals surface area (Å²) in [5.41, 5.74) is 0. The number of nitrogens with zero attached hydrogens (tertiary/aromatic N) is 1. The molecule has 0 bridgehead atoms. The van der Waals surface area contributed by atoms with E-state index in [-0.39, 0.29) is 6.54 Å². The van der Waals surface area contributed by atoms with Crippen LogP contribution < -0.4 is 5.32 Å². The quantitative estimate of drug-likeness (QED) is 0.659. The van der Waals surface area contributed by atoms with Crippen LogP contribution in [0.2, 0.25) is 0 Å². The van der Waals surface area contributed by atoms with E-state index < -0.39 is 24.3 Å². The van der Waals surface area contributed by atoms with Crippen LogP contribution in [0.15, 0.2) is 0 Å². The summed E-state index contributed by atoms with van der Waals surface area (Å²) in [5.74, 6) is -0.885. The first kappa shape index (κ1) is 9.91. The van der Waals surface area contributed by atoms with Crippen molar-refractivity contribution in [1.82, 2.24) is 10.2 Å². The molecule has 5 nitrogen and oxygen atoms in total. The van der Waals surface area contributed by atoms with Gasteiger partial charge in [-0.15, -0.1) is 0 Å². The molecule has 1 rings (SSSR count). The third kappa shape index (κ3) is 1.95. The maximum atomic E-state index is 12.8. The van der Waals surface area contributed by atoms with Gasteiger partial charge >= 0.3 is 6.03 Å². The van der Waals surface area contributed by atoms with Crippen LogP contribution in [0.25, 0.3) is 0 Å². The van der Waals surface area contributed by atoms with Crippen LogP contribution in [0, 0.1) is 0 Å². The van der Waals surface area contributed by atoms with E-state index >= 15 is 0 Å². The number of alkyl halides is 1. The summed E-state index contributed by atoms with van der Waals surface area (Å²) in [6.07, 6.45) is -2.21. The van der Waals surface area contributed by atoms with E-state index in [1.54, 1.807) is 6.92 Å². The van der Waals surface area contributed by atoms with Crippen molar-refractivity contribution < 1.29 is 18.7 Å². The fraction of sp³-hybridized carbons (Fsp3) is 0.714. The molecule has 2 unspecified atom stereocenters. The highest BCUT2D eigenvalue weighted by atomic mass is 19.1. The van der Waals surface area contributed by atoms with Gasteiger partial charge in [0, 0.05) is 7.11 Å². The average Bonchev–Trinajstić information content (AvgIpc) is 2.10. The molecule has 0 aromatic heterocycles. The highest BCUT2D eigenvalue weighted by Crippen LogP contribution is 2.09. The van der Waals surface area contributed by atoms with E-state index in [1.165, 1.54) is 7.11 Å². The monoisotopic (exact) mass is 190 g/mol. The number of hydrogen-bond acceptors (Lipinski definition) is 3. The highest BCUT2D eigenvalue weighted by Gasteiger charge is 2.34. The standard InChI is InChI=1S/C7H11FN2O3/c1-4(13-2)10-3-5(8)6(11)9-7(10)12/h4-5H,3H2,1-2H3,(H,9,11,12). The zero-order valence-electron chi connectivity index (χ0n) is 7.41. The van der Waals surface area contributed by atoms with E-state index in [1.807, 2.05) is 5.32 Å². The molecule has 13 heavy (non-hydrogen) atoms. The minimum atomic E-state index is -1.67. The van der Waals surface area contributed by atoms with Crippen LogP contribution in [0.4, 0.5) is 9.18 Å². The molecule has 74 valence electrons. The number of carbonyl (C=O) groups excluding carboxylic acids is 2. The molecule has 6 heteroatoms. The maximum absolute atomic E-state index is 12.8. The van der Waals surface area contributed by atoms with Crippen molar-refractivity contribution in [3.05, 3.63) is 0 Å². The van der Waals surface area contributed by atoms with Crippen molar-refractivity contribution in [2.24, 2.45) is 0 Å². The number of methoxy groups -OCH3 is 1. The largest absolute Gasteiger partial charge is 0.362 e. The minimum Gasteiger partial charge on any atom is -0.362 e. The Bertz CT molecular complexity index is 234. The first-order valence-electron chi connectivity index (χ1n) is 3.84. The van der Waals surface area contributed by atoms with Gasteiger partial charge in [-0.25, -0.2) is 9.18 Å². The lowest BCUT2D eigenvalue weighted by Crippen LogP contribution is -2.58. The first-order chi connectivity index (χ1) is 6.06. The molecule has 1 aliphatic heterocycles. The second-order valence-corrected chi connectivity index (χ2v) is 2.75. The Morgan fingerprint density at radius 3 is 2.85 bits per heavy atom. The smallest absolute Gasteiger partial charge is 0.326 e. The summed E-state index contributed by atoms with van der Waals surface area (Å²) in [5, 5.41) is 1.89. The SMILES string of the molecule is COC(C)N1CC(F)C(=O)NC1=O. The summed E-state index contributed by atoms with van der Waals surface area (Å²) in [4.78, 5) is 22.9. The molecule has 3 amide bonds. The molecule has 0 aliphatic carbocycles. The topological polar surface area (TPSA) is 58.6 Å². The lowest BCUT2D eigenvalue weighted by Gasteiger charge is -2.32. The van der Waals surface area contributed by atoms with Crippen molar-refractivity contribution in [3.63, 3.8) is 0 Å². The summed E-state index contributed by atoms with van der Waals surface area (Å²) < 4.78 is 17.7. The predicted molar refractivity (Wildman–Crippen MR) is 41.6 cm³/mol. The Kier molecular flexibility index (Phi) is 2.82. The zero-order chi connectivity index (χ0) is 10.0. The Hall–Kier alpha value is -1.17. The molecule has 0 saturated carbocycles. The van der Waals surface area contributed by atoms with Gasteiger partial charge in [0.1, 0.15) is 6.23 Å². The van der Waals surface area contributed by atoms with Crippen LogP contribution in [0.3, 0.4) is 0 Å². The van der Waals surface area contributed by atoms with Gasteiger partial charge in [0.15, 0.2) is 6.17 Å². The summed E-state index contributed by atoms with van der Waals surface area (Å²) in [7, 11) is 1.40. The number of hydrogen-bond donors (Lipinski definition) is 1. The van der Waals surface area contributed by atoms with Gasteiger partial charge in [-0.2, -0.15) is 0 Å². The van der Waals surface area contributed by atoms with E-state index in [2.05, 4.69) is 0 Å². The maximum Gasteiger partial charge on any atom is 0.326 e. The molecule has 1 fully saturated rings. The van der Waals surface area contributed by atoms with Gasteiger partial charge in [0.05, 0.1) is 6.54 Å². The van der Waals surface area contributed by atoms with Crippen LogP contribution in [0.5, 0.6) is 0 Å². The summed E-state index contributed by atoms with van der Waals surface area (Å²) in [6, 6.07) is -0.617. The van der Waals surface area contributed by atoms with Gasteiger partial charge < -0.3 is 4.74 Å². The van der Waals surface area contributed by atoms with E-state index in [0.717, 1.165) is 4.90 Å². The molecule has 1 heterocycles. The third-order valence-corrected chi connectivity index (χ3v) is 1.91. The number of ether oxygens (including phenoxy) is 1. The molecule has 2 atom stereocenters. The fourth-order valence-corrected chi connectivity index (χ4v) is 1.03. The van der Waals surface area contributed by atoms with Crippen LogP contribution >= 0.6 is 0 Å². The number of urea groups is 1. The Labute approximate surface area is 74.8 Å². The molecule has 0 aromatic rings. The number of nitrogens with one attached hydrogen (secondary N) is 1. The highest BCUT2D eigenvalue weighted by molar-refractivity contribution is 5.99. The van der Waals surface area contributed by atoms with Crippen molar-refractivity contribution in [3.8, 4) is 0 Å². The second-order valence-electron chi connectivity index (χ2n) is 2.75. The lowest BCUT2D eigenvalue weighted by molar-refractivity contribution is -0.129. The zero-order valence-corrected chi connectivity index (χ0v) is 7.41. The van der Waals surface area contributed by atoms with Gasteiger partial charge in [-0.3, -0.25) is 15.0 Å². The Morgan fingerprint density at radius 2 is 2.31 bits per heavy atom. The molecule has 1 N–H and O–H groups in total. The van der Waals surface area contributed by atoms with Gasteiger partial charge in [-0.1, -0.05) is 0 Å². The van der Waals surface area contributed by atoms with E-state index in [9.17, 15) is 14.0 Å². The number of rotatable bonds is 2. The molecule has 1 aliphatic rings. The van der Waals surface area contributed by atoms with Crippen molar-refractivity contribution in [2.45, 2.75) is 19.3 Å². The van der Waals surface area contributed by atoms with Gasteiger partial charge in [-0.05, 0) is 6.92 Å². The first-order valence-corrected chi connectivity index (χ1v) is 3.84. The molecule has 1 saturated heterocycles. The number of amides is 3. The summed E-state index contributed by atoms with van der Waals surface area (Å²) in [6.45, 7) is 1.35. The van der Waals surface area contributed by atoms with Crippen LogP contribution in [-0.2, 0) is 9.53 Å². The Balaban J connectivity index is 2.66. The van der Waals surface area contributed by atoms with Crippen LogP contribution in [-0.4, -0.2) is 42.9 Å². The third-order valence-electron chi connectivity index (χ3n) is 1.91. The molecule has 0 radical (unpaired) electrons. The predicted octanol–water partition coefficient (Wildman–Crippen LogP) is -0.131. The average molecular weight is 190 g/mol. The minimum absolute atomic E-state index is 0.250.